The molecule has 1 aliphatic heterocycles. The lowest BCUT2D eigenvalue weighted by molar-refractivity contribution is 0.181. The summed E-state index contributed by atoms with van der Waals surface area (Å²) in [5.41, 5.74) is 2.04. The number of guanidine groups is 1. The minimum Gasteiger partial charge on any atom is -0.497 e. The first-order valence-corrected chi connectivity index (χ1v) is 10.1. The van der Waals surface area contributed by atoms with E-state index < -0.39 is 6.10 Å². The molecule has 0 aliphatic carbocycles. The SMILES string of the molecule is CCNC(=NCC(O)c1cc(OC)ccc1OC)N1CCC(c2ccccc2)C1.I. The van der Waals surface area contributed by atoms with Gasteiger partial charge < -0.3 is 24.8 Å². The van der Waals surface area contributed by atoms with Crippen LogP contribution in [0.2, 0.25) is 0 Å². The zero-order valence-corrected chi connectivity index (χ0v) is 20.2. The van der Waals surface area contributed by atoms with Gasteiger partial charge in [0.1, 0.15) is 17.6 Å². The third-order valence-corrected chi connectivity index (χ3v) is 5.30. The lowest BCUT2D eigenvalue weighted by atomic mass is 9.99. The molecule has 30 heavy (non-hydrogen) atoms. The second-order valence-corrected chi connectivity index (χ2v) is 7.16. The molecular weight excluding hydrogens is 493 g/mol. The van der Waals surface area contributed by atoms with E-state index >= 15 is 0 Å². The number of aliphatic hydroxyl groups excluding tert-OH is 1. The Labute approximate surface area is 196 Å². The molecule has 0 radical (unpaired) electrons. The minimum atomic E-state index is -0.777. The third kappa shape index (κ3) is 6.01. The topological polar surface area (TPSA) is 66.3 Å². The maximum atomic E-state index is 10.8. The highest BCUT2D eigenvalue weighted by Crippen LogP contribution is 2.30. The van der Waals surface area contributed by atoms with E-state index in [1.54, 1.807) is 26.4 Å². The Morgan fingerprint density at radius 2 is 1.97 bits per heavy atom. The van der Waals surface area contributed by atoms with Crippen molar-refractivity contribution in [2.24, 2.45) is 4.99 Å². The summed E-state index contributed by atoms with van der Waals surface area (Å²) in [7, 11) is 3.20. The van der Waals surface area contributed by atoms with Crippen LogP contribution in [0, 0.1) is 0 Å². The molecule has 1 saturated heterocycles. The average molecular weight is 525 g/mol. The fraction of sp³-hybridized carbons (Fsp3) is 0.435. The lowest BCUT2D eigenvalue weighted by Crippen LogP contribution is -2.40. The van der Waals surface area contributed by atoms with Crippen LogP contribution in [0.1, 0.15) is 36.5 Å². The number of halogens is 1. The first kappa shape index (κ1) is 24.3. The van der Waals surface area contributed by atoms with Crippen molar-refractivity contribution in [3.63, 3.8) is 0 Å². The number of ether oxygens (including phenoxy) is 2. The number of likely N-dealkylation sites (tertiary alicyclic amines) is 1. The first-order valence-electron chi connectivity index (χ1n) is 10.1. The summed E-state index contributed by atoms with van der Waals surface area (Å²) < 4.78 is 10.7. The standard InChI is InChI=1S/C23H31N3O3.HI/c1-4-24-23(26-13-12-18(16-26)17-8-6-5-7-9-17)25-15-21(27)20-14-19(28-2)10-11-22(20)29-3;/h5-11,14,18,21,27H,4,12-13,15-16H2,1-3H3,(H,24,25);1H. The summed E-state index contributed by atoms with van der Waals surface area (Å²) in [6.45, 7) is 4.96. The fourth-order valence-electron chi connectivity index (χ4n) is 3.75. The van der Waals surface area contributed by atoms with Gasteiger partial charge in [-0.25, -0.2) is 0 Å². The lowest BCUT2D eigenvalue weighted by Gasteiger charge is -2.22. The van der Waals surface area contributed by atoms with Gasteiger partial charge in [0.2, 0.25) is 0 Å². The van der Waals surface area contributed by atoms with Crippen LogP contribution in [0.4, 0.5) is 0 Å². The monoisotopic (exact) mass is 525 g/mol. The number of nitrogens with one attached hydrogen (secondary N) is 1. The van der Waals surface area contributed by atoms with Crippen molar-refractivity contribution < 1.29 is 14.6 Å². The summed E-state index contributed by atoms with van der Waals surface area (Å²) >= 11 is 0. The van der Waals surface area contributed by atoms with Gasteiger partial charge in [-0.05, 0) is 37.1 Å². The predicted octanol–water partition coefficient (Wildman–Crippen LogP) is 3.81. The van der Waals surface area contributed by atoms with E-state index in [2.05, 4.69) is 47.5 Å². The van der Waals surface area contributed by atoms with Gasteiger partial charge in [-0.15, -0.1) is 24.0 Å². The summed E-state index contributed by atoms with van der Waals surface area (Å²) in [4.78, 5) is 6.99. The predicted molar refractivity (Wildman–Crippen MR) is 131 cm³/mol. The molecule has 6 nitrogen and oxygen atoms in total. The number of hydrogen-bond donors (Lipinski definition) is 2. The zero-order chi connectivity index (χ0) is 20.6. The van der Waals surface area contributed by atoms with Crippen LogP contribution in [0.5, 0.6) is 11.5 Å². The van der Waals surface area contributed by atoms with Gasteiger partial charge in [0.15, 0.2) is 5.96 Å². The van der Waals surface area contributed by atoms with Gasteiger partial charge in [-0.3, -0.25) is 4.99 Å². The number of hydrogen-bond acceptors (Lipinski definition) is 4. The van der Waals surface area contributed by atoms with Gasteiger partial charge >= 0.3 is 0 Å². The first-order chi connectivity index (χ1) is 14.2. The molecule has 164 valence electrons. The molecule has 0 aromatic heterocycles. The van der Waals surface area contributed by atoms with Crippen molar-refractivity contribution in [2.45, 2.75) is 25.4 Å². The molecule has 2 unspecified atom stereocenters. The van der Waals surface area contributed by atoms with Gasteiger partial charge in [0, 0.05) is 31.1 Å². The molecule has 0 saturated carbocycles. The van der Waals surface area contributed by atoms with Crippen molar-refractivity contribution in [3.8, 4) is 11.5 Å². The highest BCUT2D eigenvalue weighted by Gasteiger charge is 2.26. The summed E-state index contributed by atoms with van der Waals surface area (Å²) in [6, 6.07) is 16.0. The molecule has 2 aromatic carbocycles. The number of methoxy groups -OCH3 is 2. The Kier molecular flexibility index (Phi) is 9.71. The molecular formula is C23H32IN3O3. The van der Waals surface area contributed by atoms with Crippen LogP contribution >= 0.6 is 24.0 Å². The van der Waals surface area contributed by atoms with Crippen molar-refractivity contribution in [2.75, 3.05) is 40.4 Å². The Balaban J connectivity index is 0.00000320. The Bertz CT molecular complexity index is 817. The smallest absolute Gasteiger partial charge is 0.194 e. The summed E-state index contributed by atoms with van der Waals surface area (Å²) in [5.74, 6) is 2.65. The van der Waals surface area contributed by atoms with E-state index in [1.165, 1.54) is 5.56 Å². The third-order valence-electron chi connectivity index (χ3n) is 5.30. The average Bonchev–Trinajstić information content (AvgIpc) is 3.26. The van der Waals surface area contributed by atoms with Gasteiger partial charge in [0.25, 0.3) is 0 Å². The molecule has 2 aromatic rings. The highest BCUT2D eigenvalue weighted by atomic mass is 127. The van der Waals surface area contributed by atoms with Crippen molar-refractivity contribution >= 4 is 29.9 Å². The molecule has 3 rings (SSSR count). The zero-order valence-electron chi connectivity index (χ0n) is 17.9. The highest BCUT2D eigenvalue weighted by molar-refractivity contribution is 14.0. The maximum Gasteiger partial charge on any atom is 0.194 e. The molecule has 1 aliphatic rings. The molecule has 2 atom stereocenters. The van der Waals surface area contributed by atoms with E-state index in [0.717, 1.165) is 32.0 Å². The number of aliphatic imine (C=N–C) groups is 1. The second-order valence-electron chi connectivity index (χ2n) is 7.16. The number of nitrogens with zero attached hydrogens (tertiary/aromatic N) is 2. The van der Waals surface area contributed by atoms with Crippen molar-refractivity contribution in [1.82, 2.24) is 10.2 Å². The fourth-order valence-corrected chi connectivity index (χ4v) is 3.75. The van der Waals surface area contributed by atoms with Crippen LogP contribution in [-0.4, -0.2) is 56.4 Å². The molecule has 0 bridgehead atoms. The van der Waals surface area contributed by atoms with Crippen molar-refractivity contribution in [1.29, 1.82) is 0 Å². The molecule has 2 N–H and O–H groups in total. The Morgan fingerprint density at radius 1 is 1.20 bits per heavy atom. The number of benzene rings is 2. The second kappa shape index (κ2) is 12.0. The minimum absolute atomic E-state index is 0. The molecule has 0 spiro atoms. The van der Waals surface area contributed by atoms with E-state index in [1.807, 2.05) is 6.07 Å². The Morgan fingerprint density at radius 3 is 2.63 bits per heavy atom. The molecule has 1 fully saturated rings. The normalized spacial score (nSPS) is 17.3. The number of aliphatic hydroxyl groups is 1. The van der Waals surface area contributed by atoms with Crippen LogP contribution < -0.4 is 14.8 Å². The summed E-state index contributed by atoms with van der Waals surface area (Å²) in [5, 5.41) is 14.1. The van der Waals surface area contributed by atoms with E-state index in [0.29, 0.717) is 23.0 Å². The quantitative estimate of drug-likeness (QED) is 0.327. The van der Waals surface area contributed by atoms with Gasteiger partial charge in [-0.2, -0.15) is 0 Å². The molecule has 0 amide bonds. The Hall–Kier alpha value is -2.00. The van der Waals surface area contributed by atoms with E-state index in [9.17, 15) is 5.11 Å². The van der Waals surface area contributed by atoms with Crippen molar-refractivity contribution in [3.05, 3.63) is 59.7 Å². The molecule has 7 heteroatoms. The van der Waals surface area contributed by atoms with E-state index in [4.69, 9.17) is 14.5 Å². The maximum absolute atomic E-state index is 10.8. The van der Waals surface area contributed by atoms with Gasteiger partial charge in [0.05, 0.1) is 20.8 Å². The summed E-state index contributed by atoms with van der Waals surface area (Å²) in [6.07, 6.45) is 0.321. The number of rotatable bonds is 7. The van der Waals surface area contributed by atoms with E-state index in [-0.39, 0.29) is 30.5 Å². The van der Waals surface area contributed by atoms with Crippen LogP contribution in [-0.2, 0) is 0 Å². The van der Waals surface area contributed by atoms with Crippen LogP contribution in [0.3, 0.4) is 0 Å². The molecule has 1 heterocycles. The van der Waals surface area contributed by atoms with Crippen LogP contribution in [0.15, 0.2) is 53.5 Å². The van der Waals surface area contributed by atoms with Crippen LogP contribution in [0.25, 0.3) is 0 Å². The van der Waals surface area contributed by atoms with Gasteiger partial charge in [-0.1, -0.05) is 30.3 Å². The largest absolute Gasteiger partial charge is 0.497 e.